The maximum atomic E-state index is 12.3. The summed E-state index contributed by atoms with van der Waals surface area (Å²) in [6, 6.07) is 14.7. The van der Waals surface area contributed by atoms with Crippen LogP contribution in [0.25, 0.3) is 0 Å². The zero-order chi connectivity index (χ0) is 20.4. The van der Waals surface area contributed by atoms with Crippen molar-refractivity contribution >= 4 is 45.1 Å². The van der Waals surface area contributed by atoms with Crippen molar-refractivity contribution in [2.45, 2.75) is 26.2 Å². The molecular weight excluding hydrogens is 442 g/mol. The van der Waals surface area contributed by atoms with E-state index in [0.717, 1.165) is 12.0 Å². The van der Waals surface area contributed by atoms with Gasteiger partial charge in [0, 0.05) is 12.0 Å². The minimum absolute atomic E-state index is 0.0143. The molecule has 0 aromatic heterocycles. The number of rotatable bonds is 7. The second kappa shape index (κ2) is 11.4. The number of hydrazine groups is 1. The number of hydrogen-bond donors (Lipinski definition) is 3. The van der Waals surface area contributed by atoms with Gasteiger partial charge in [-0.15, -0.1) is 0 Å². The van der Waals surface area contributed by atoms with E-state index in [1.807, 2.05) is 37.3 Å². The summed E-state index contributed by atoms with van der Waals surface area (Å²) in [5.74, 6) is 0.0594. The Balaban J connectivity index is 1.76. The van der Waals surface area contributed by atoms with E-state index in [-0.39, 0.29) is 11.0 Å². The minimum atomic E-state index is -0.390. The fourth-order valence-corrected chi connectivity index (χ4v) is 2.91. The van der Waals surface area contributed by atoms with Gasteiger partial charge in [-0.05, 0) is 64.8 Å². The molecule has 2 amide bonds. The molecule has 8 heteroatoms. The molecule has 0 aliphatic heterocycles. The third-order valence-electron chi connectivity index (χ3n) is 3.68. The van der Waals surface area contributed by atoms with Crippen molar-refractivity contribution in [1.82, 2.24) is 16.2 Å². The molecule has 0 aliphatic carbocycles. The fraction of sp³-hybridized carbons (Fsp3) is 0.250. The molecule has 2 aromatic carbocycles. The highest BCUT2D eigenvalue weighted by Gasteiger charge is 2.11. The van der Waals surface area contributed by atoms with Gasteiger partial charge in [0.05, 0.1) is 11.1 Å². The summed E-state index contributed by atoms with van der Waals surface area (Å²) in [6.45, 7) is 2.62. The molecule has 0 radical (unpaired) electrons. The predicted molar refractivity (Wildman–Crippen MR) is 116 cm³/mol. The molecule has 0 aliphatic rings. The Morgan fingerprint density at radius 3 is 2.54 bits per heavy atom. The van der Waals surface area contributed by atoms with Crippen LogP contribution in [-0.4, -0.2) is 23.5 Å². The van der Waals surface area contributed by atoms with Crippen LogP contribution in [0.3, 0.4) is 0 Å². The number of halogens is 1. The standard InChI is InChI=1S/C20H22BrN3O3S/c1-2-12-27-17-10-9-15(13-16(17)21)19(26)22-20(28)24-23-18(25)11-8-14-6-4-3-5-7-14/h3-7,9-10,13H,2,8,11-12H2,1H3,(H,23,25)(H2,22,24,26,28). The van der Waals surface area contributed by atoms with Crippen LogP contribution >= 0.6 is 28.1 Å². The Bertz CT molecular complexity index is 831. The van der Waals surface area contributed by atoms with Crippen LogP contribution in [0.4, 0.5) is 0 Å². The van der Waals surface area contributed by atoms with Crippen LogP contribution in [0, 0.1) is 0 Å². The molecular formula is C20H22BrN3O3S. The van der Waals surface area contributed by atoms with Gasteiger partial charge in [0.2, 0.25) is 5.91 Å². The summed E-state index contributed by atoms with van der Waals surface area (Å²) in [5.41, 5.74) is 6.50. The molecule has 2 aromatic rings. The summed E-state index contributed by atoms with van der Waals surface area (Å²) in [7, 11) is 0. The zero-order valence-electron chi connectivity index (χ0n) is 15.5. The van der Waals surface area contributed by atoms with Crippen molar-refractivity contribution in [3.8, 4) is 5.75 Å². The third kappa shape index (κ3) is 7.28. The van der Waals surface area contributed by atoms with Gasteiger partial charge >= 0.3 is 0 Å². The van der Waals surface area contributed by atoms with E-state index in [2.05, 4.69) is 32.1 Å². The van der Waals surface area contributed by atoms with E-state index >= 15 is 0 Å². The molecule has 2 rings (SSSR count). The first-order valence-corrected chi connectivity index (χ1v) is 10.1. The number of ether oxygens (including phenoxy) is 1. The Hall–Kier alpha value is -2.45. The maximum absolute atomic E-state index is 12.3. The minimum Gasteiger partial charge on any atom is -0.492 e. The van der Waals surface area contributed by atoms with Crippen LogP contribution in [0.2, 0.25) is 0 Å². The summed E-state index contributed by atoms with van der Waals surface area (Å²) in [4.78, 5) is 24.2. The van der Waals surface area contributed by atoms with Crippen molar-refractivity contribution < 1.29 is 14.3 Å². The first-order chi connectivity index (χ1) is 13.5. The quantitative estimate of drug-likeness (QED) is 0.432. The molecule has 0 atom stereocenters. The summed E-state index contributed by atoms with van der Waals surface area (Å²) in [5, 5.41) is 2.53. The summed E-state index contributed by atoms with van der Waals surface area (Å²) >= 11 is 8.44. The average molecular weight is 464 g/mol. The van der Waals surface area contributed by atoms with Crippen LogP contribution in [0.5, 0.6) is 5.75 Å². The maximum Gasteiger partial charge on any atom is 0.257 e. The number of aryl methyl sites for hydroxylation is 1. The van der Waals surface area contributed by atoms with Gasteiger partial charge in [-0.2, -0.15) is 0 Å². The lowest BCUT2D eigenvalue weighted by atomic mass is 10.1. The Labute approximate surface area is 178 Å². The number of thiocarbonyl (C=S) groups is 1. The second-order valence-corrected chi connectivity index (χ2v) is 7.20. The molecule has 0 fully saturated rings. The first kappa shape index (κ1) is 21.8. The Kier molecular flexibility index (Phi) is 8.90. The SMILES string of the molecule is CCCOc1ccc(C(=O)NC(=S)NNC(=O)CCc2ccccc2)cc1Br. The van der Waals surface area contributed by atoms with Crippen molar-refractivity contribution in [2.75, 3.05) is 6.61 Å². The highest BCUT2D eigenvalue weighted by molar-refractivity contribution is 9.10. The van der Waals surface area contributed by atoms with Crippen LogP contribution in [0.1, 0.15) is 35.7 Å². The van der Waals surface area contributed by atoms with E-state index in [4.69, 9.17) is 17.0 Å². The van der Waals surface area contributed by atoms with E-state index < -0.39 is 5.91 Å². The lowest BCUT2D eigenvalue weighted by Crippen LogP contribution is -2.48. The molecule has 0 saturated heterocycles. The molecule has 0 unspecified atom stereocenters. The smallest absolute Gasteiger partial charge is 0.257 e. The lowest BCUT2D eigenvalue weighted by molar-refractivity contribution is -0.121. The van der Waals surface area contributed by atoms with E-state index in [1.54, 1.807) is 18.2 Å². The van der Waals surface area contributed by atoms with Crippen LogP contribution in [-0.2, 0) is 11.2 Å². The van der Waals surface area contributed by atoms with Gasteiger partial charge in [-0.25, -0.2) is 0 Å². The van der Waals surface area contributed by atoms with Gasteiger partial charge < -0.3 is 4.74 Å². The topological polar surface area (TPSA) is 79.5 Å². The molecule has 0 saturated carbocycles. The third-order valence-corrected chi connectivity index (χ3v) is 4.51. The summed E-state index contributed by atoms with van der Waals surface area (Å²) < 4.78 is 6.24. The van der Waals surface area contributed by atoms with Gasteiger partial charge in [-0.3, -0.25) is 25.8 Å². The number of benzene rings is 2. The molecule has 0 spiro atoms. The monoisotopic (exact) mass is 463 g/mol. The molecule has 0 heterocycles. The van der Waals surface area contributed by atoms with Gasteiger partial charge in [0.25, 0.3) is 5.91 Å². The molecule has 0 bridgehead atoms. The predicted octanol–water partition coefficient (Wildman–Crippen LogP) is 3.51. The summed E-state index contributed by atoms with van der Waals surface area (Å²) in [6.07, 6.45) is 1.82. The number of amides is 2. The normalized spacial score (nSPS) is 10.1. The van der Waals surface area contributed by atoms with Crippen molar-refractivity contribution in [2.24, 2.45) is 0 Å². The van der Waals surface area contributed by atoms with Crippen LogP contribution in [0.15, 0.2) is 53.0 Å². The van der Waals surface area contributed by atoms with E-state index in [1.165, 1.54) is 0 Å². The Morgan fingerprint density at radius 1 is 1.11 bits per heavy atom. The average Bonchev–Trinajstić information content (AvgIpc) is 2.70. The van der Waals surface area contributed by atoms with Gasteiger partial charge in [0.15, 0.2) is 5.11 Å². The largest absolute Gasteiger partial charge is 0.492 e. The second-order valence-electron chi connectivity index (χ2n) is 5.94. The van der Waals surface area contributed by atoms with Gasteiger partial charge in [0.1, 0.15) is 5.75 Å². The van der Waals surface area contributed by atoms with E-state index in [0.29, 0.717) is 35.2 Å². The van der Waals surface area contributed by atoms with Crippen molar-refractivity contribution in [3.05, 3.63) is 64.1 Å². The zero-order valence-corrected chi connectivity index (χ0v) is 17.9. The molecule has 148 valence electrons. The van der Waals surface area contributed by atoms with Gasteiger partial charge in [-0.1, -0.05) is 37.3 Å². The highest BCUT2D eigenvalue weighted by atomic mass is 79.9. The number of hydrogen-bond acceptors (Lipinski definition) is 4. The van der Waals surface area contributed by atoms with Crippen LogP contribution < -0.4 is 20.9 Å². The molecule has 3 N–H and O–H groups in total. The number of carbonyl (C=O) groups excluding carboxylic acids is 2. The number of carbonyl (C=O) groups is 2. The fourth-order valence-electron chi connectivity index (χ4n) is 2.27. The number of nitrogens with one attached hydrogen (secondary N) is 3. The molecule has 6 nitrogen and oxygen atoms in total. The highest BCUT2D eigenvalue weighted by Crippen LogP contribution is 2.26. The van der Waals surface area contributed by atoms with E-state index in [9.17, 15) is 9.59 Å². The van der Waals surface area contributed by atoms with Crippen molar-refractivity contribution in [3.63, 3.8) is 0 Å². The first-order valence-electron chi connectivity index (χ1n) is 8.86. The van der Waals surface area contributed by atoms with Crippen molar-refractivity contribution in [1.29, 1.82) is 0 Å². The Morgan fingerprint density at radius 2 is 1.86 bits per heavy atom. The lowest BCUT2D eigenvalue weighted by Gasteiger charge is -2.12. The molecule has 28 heavy (non-hydrogen) atoms.